The van der Waals surface area contributed by atoms with Gasteiger partial charge < -0.3 is 15.1 Å². The normalized spacial score (nSPS) is 24.1. The fourth-order valence-electron chi connectivity index (χ4n) is 4.40. The molecule has 2 aliphatic rings. The Morgan fingerprint density at radius 2 is 1.97 bits per heavy atom. The van der Waals surface area contributed by atoms with Gasteiger partial charge in [-0.25, -0.2) is 9.37 Å². The third-order valence-electron chi connectivity index (χ3n) is 6.56. The summed E-state index contributed by atoms with van der Waals surface area (Å²) in [4.78, 5) is 24.2. The van der Waals surface area contributed by atoms with E-state index in [0.29, 0.717) is 41.7 Å². The van der Waals surface area contributed by atoms with Crippen LogP contribution in [0.2, 0.25) is 0 Å². The zero-order valence-corrected chi connectivity index (χ0v) is 19.8. The van der Waals surface area contributed by atoms with Gasteiger partial charge in [0, 0.05) is 38.3 Å². The van der Waals surface area contributed by atoms with Crippen molar-refractivity contribution < 1.29 is 9.18 Å². The molecule has 2 aromatic heterocycles. The van der Waals surface area contributed by atoms with Crippen LogP contribution in [0.25, 0.3) is 0 Å². The summed E-state index contributed by atoms with van der Waals surface area (Å²) in [6.07, 6.45) is 4.85. The number of rotatable bonds is 5. The first-order valence-corrected chi connectivity index (χ1v) is 11.3. The molecule has 3 heterocycles. The molecule has 3 atom stereocenters. The standard InChI is InChI=1S/C23H26FN7OS/c1-13-19-20(30(4)23(2,33)21(32)29(19)3)28-22(27-13)25-10-14-11-26-31(12-14)18-9-17(18)15-5-7-16(24)8-6-15/h5-8,11-12,17-18,33H,9-10H2,1-4H3,(H,25,27,28)/t17-,18-,23-/m0/s1. The fraction of sp³-hybridized carbons (Fsp3) is 0.391. The smallest absolute Gasteiger partial charge is 0.262 e. The second-order valence-electron chi connectivity index (χ2n) is 8.89. The van der Waals surface area contributed by atoms with Crippen LogP contribution in [0.1, 0.15) is 42.1 Å². The summed E-state index contributed by atoms with van der Waals surface area (Å²) in [6.45, 7) is 4.14. The molecule has 1 saturated carbocycles. The first kappa shape index (κ1) is 21.7. The second kappa shape index (κ2) is 7.72. The van der Waals surface area contributed by atoms with Crippen LogP contribution in [-0.4, -0.2) is 44.6 Å². The van der Waals surface area contributed by atoms with Crippen LogP contribution < -0.4 is 15.1 Å². The number of thiol groups is 1. The number of amides is 1. The van der Waals surface area contributed by atoms with Gasteiger partial charge in [-0.05, 0) is 38.0 Å². The largest absolute Gasteiger partial charge is 0.350 e. The lowest BCUT2D eigenvalue weighted by atomic mass is 10.1. The van der Waals surface area contributed by atoms with E-state index < -0.39 is 4.87 Å². The molecule has 1 aliphatic heterocycles. The van der Waals surface area contributed by atoms with E-state index in [4.69, 9.17) is 0 Å². The molecule has 0 unspecified atom stereocenters. The highest BCUT2D eigenvalue weighted by molar-refractivity contribution is 7.82. The summed E-state index contributed by atoms with van der Waals surface area (Å²) in [5.41, 5.74) is 3.55. The number of benzene rings is 1. The van der Waals surface area contributed by atoms with Crippen LogP contribution in [0.4, 0.5) is 21.8 Å². The van der Waals surface area contributed by atoms with Crippen molar-refractivity contribution in [3.8, 4) is 0 Å². The first-order valence-electron chi connectivity index (χ1n) is 10.8. The minimum atomic E-state index is -0.994. The van der Waals surface area contributed by atoms with Gasteiger partial charge in [0.2, 0.25) is 5.95 Å². The number of aromatic nitrogens is 4. The van der Waals surface area contributed by atoms with Crippen molar-refractivity contribution in [3.63, 3.8) is 0 Å². The van der Waals surface area contributed by atoms with Gasteiger partial charge in [-0.2, -0.15) is 10.1 Å². The predicted octanol–water partition coefficient (Wildman–Crippen LogP) is 3.52. The number of aryl methyl sites for hydroxylation is 1. The van der Waals surface area contributed by atoms with E-state index in [-0.39, 0.29) is 11.7 Å². The highest BCUT2D eigenvalue weighted by Crippen LogP contribution is 2.51. The van der Waals surface area contributed by atoms with Crippen LogP contribution in [0, 0.1) is 12.7 Å². The summed E-state index contributed by atoms with van der Waals surface area (Å²) < 4.78 is 15.2. The molecular weight excluding hydrogens is 441 g/mol. The molecule has 0 bridgehead atoms. The summed E-state index contributed by atoms with van der Waals surface area (Å²) in [6, 6.07) is 7.00. The molecular formula is C23H26FN7OS. The molecule has 33 heavy (non-hydrogen) atoms. The van der Waals surface area contributed by atoms with E-state index in [1.165, 1.54) is 12.1 Å². The number of hydrogen-bond acceptors (Lipinski definition) is 7. The topological polar surface area (TPSA) is 79.2 Å². The van der Waals surface area contributed by atoms with Gasteiger partial charge in [0.15, 0.2) is 10.7 Å². The number of halogens is 1. The molecule has 172 valence electrons. The quantitative estimate of drug-likeness (QED) is 0.559. The lowest BCUT2D eigenvalue weighted by Gasteiger charge is -2.43. The monoisotopic (exact) mass is 467 g/mol. The maximum absolute atomic E-state index is 13.2. The van der Waals surface area contributed by atoms with Gasteiger partial charge in [0.1, 0.15) is 11.5 Å². The molecule has 1 aromatic carbocycles. The molecule has 1 fully saturated rings. The van der Waals surface area contributed by atoms with Gasteiger partial charge in [0.05, 0.1) is 17.9 Å². The number of likely N-dealkylation sites (N-methyl/N-ethyl adjacent to an activating group) is 2. The third-order valence-corrected chi connectivity index (χ3v) is 7.05. The molecule has 1 aliphatic carbocycles. The van der Waals surface area contributed by atoms with Crippen LogP contribution in [0.15, 0.2) is 36.7 Å². The Kier molecular flexibility index (Phi) is 5.08. The van der Waals surface area contributed by atoms with Gasteiger partial charge in [-0.1, -0.05) is 12.1 Å². The Morgan fingerprint density at radius 3 is 2.70 bits per heavy atom. The third kappa shape index (κ3) is 3.72. The molecule has 3 aromatic rings. The SMILES string of the molecule is Cc1nc(NCc2cnn([C@H]3C[C@H]3c3ccc(F)cc3)c2)nc2c1N(C)C(=O)[C@](C)(S)N2C. The molecule has 5 rings (SSSR count). The lowest BCUT2D eigenvalue weighted by Crippen LogP contribution is -2.57. The summed E-state index contributed by atoms with van der Waals surface area (Å²) in [5, 5.41) is 7.80. The van der Waals surface area contributed by atoms with Gasteiger partial charge in [-0.3, -0.25) is 9.48 Å². The molecule has 0 radical (unpaired) electrons. The van der Waals surface area contributed by atoms with Crippen LogP contribution in [-0.2, 0) is 11.3 Å². The molecule has 0 spiro atoms. The summed E-state index contributed by atoms with van der Waals surface area (Å²) in [5.74, 6) is 1.16. The average molecular weight is 468 g/mol. The van der Waals surface area contributed by atoms with Crippen molar-refractivity contribution in [3.05, 3.63) is 59.3 Å². The number of hydrogen-bond donors (Lipinski definition) is 2. The molecule has 10 heteroatoms. The zero-order valence-electron chi connectivity index (χ0n) is 18.9. The van der Waals surface area contributed by atoms with Crippen molar-refractivity contribution in [1.82, 2.24) is 19.7 Å². The second-order valence-corrected chi connectivity index (χ2v) is 9.76. The Balaban J connectivity index is 1.29. The number of carbonyl (C=O) groups excluding carboxylic acids is 1. The van der Waals surface area contributed by atoms with E-state index in [9.17, 15) is 9.18 Å². The Hall–Kier alpha value is -3.14. The van der Waals surface area contributed by atoms with E-state index in [2.05, 4.69) is 33.0 Å². The molecule has 1 N–H and O–H groups in total. The van der Waals surface area contributed by atoms with Crippen LogP contribution >= 0.6 is 12.6 Å². The Morgan fingerprint density at radius 1 is 1.24 bits per heavy atom. The lowest BCUT2D eigenvalue weighted by molar-refractivity contribution is -0.120. The van der Waals surface area contributed by atoms with Crippen molar-refractivity contribution in [2.45, 2.75) is 43.6 Å². The highest BCUT2D eigenvalue weighted by atomic mass is 32.1. The Bertz CT molecular complexity index is 1230. The van der Waals surface area contributed by atoms with Crippen molar-refractivity contribution >= 4 is 36.0 Å². The maximum Gasteiger partial charge on any atom is 0.262 e. The van der Waals surface area contributed by atoms with E-state index in [1.807, 2.05) is 43.2 Å². The van der Waals surface area contributed by atoms with E-state index in [0.717, 1.165) is 17.5 Å². The average Bonchev–Trinajstić information content (AvgIpc) is 3.44. The minimum Gasteiger partial charge on any atom is -0.350 e. The van der Waals surface area contributed by atoms with Crippen LogP contribution in [0.5, 0.6) is 0 Å². The molecule has 0 saturated heterocycles. The number of anilines is 3. The van der Waals surface area contributed by atoms with E-state index in [1.54, 1.807) is 23.8 Å². The van der Waals surface area contributed by atoms with Gasteiger partial charge in [0.25, 0.3) is 5.91 Å². The predicted molar refractivity (Wildman–Crippen MR) is 128 cm³/mol. The van der Waals surface area contributed by atoms with Gasteiger partial charge in [-0.15, -0.1) is 12.6 Å². The summed E-state index contributed by atoms with van der Waals surface area (Å²) >= 11 is 4.56. The fourth-order valence-corrected chi connectivity index (χ4v) is 4.64. The van der Waals surface area contributed by atoms with Crippen molar-refractivity contribution in [1.29, 1.82) is 0 Å². The van der Waals surface area contributed by atoms with Crippen LogP contribution in [0.3, 0.4) is 0 Å². The zero-order chi connectivity index (χ0) is 23.5. The minimum absolute atomic E-state index is 0.125. The summed E-state index contributed by atoms with van der Waals surface area (Å²) in [7, 11) is 3.53. The Labute approximate surface area is 197 Å². The first-order chi connectivity index (χ1) is 15.7. The maximum atomic E-state index is 13.2. The number of nitrogens with zero attached hydrogens (tertiary/aromatic N) is 6. The molecule has 1 amide bonds. The number of fused-ring (bicyclic) bond motifs is 1. The number of carbonyl (C=O) groups is 1. The van der Waals surface area contributed by atoms with Gasteiger partial charge >= 0.3 is 0 Å². The highest BCUT2D eigenvalue weighted by Gasteiger charge is 2.44. The van der Waals surface area contributed by atoms with Crippen molar-refractivity contribution in [2.75, 3.05) is 29.2 Å². The van der Waals surface area contributed by atoms with E-state index >= 15 is 0 Å². The van der Waals surface area contributed by atoms with Crippen molar-refractivity contribution in [2.24, 2.45) is 0 Å². The molecule has 8 nitrogen and oxygen atoms in total. The number of nitrogens with one attached hydrogen (secondary N) is 1.